The summed E-state index contributed by atoms with van der Waals surface area (Å²) in [5.41, 5.74) is 1.85. The van der Waals surface area contributed by atoms with E-state index < -0.39 is 0 Å². The number of rotatable bonds is 3. The summed E-state index contributed by atoms with van der Waals surface area (Å²) in [6.45, 7) is 0.673. The first-order valence-corrected chi connectivity index (χ1v) is 4.73. The molecule has 0 aliphatic heterocycles. The first-order valence-electron chi connectivity index (χ1n) is 4.73. The Bertz CT molecular complexity index is 429. The molecule has 2 aromatic rings. The van der Waals surface area contributed by atoms with Gasteiger partial charge in [0.1, 0.15) is 5.82 Å². The summed E-state index contributed by atoms with van der Waals surface area (Å²) in [6, 6.07) is 11.4. The van der Waals surface area contributed by atoms with Gasteiger partial charge in [-0.05, 0) is 5.56 Å². The zero-order chi connectivity index (χ0) is 10.5. The van der Waals surface area contributed by atoms with Crippen molar-refractivity contribution in [2.45, 2.75) is 6.54 Å². The number of hydrogen-bond acceptors (Lipinski definition) is 2. The minimum absolute atomic E-state index is 0.326. The Morgan fingerprint density at radius 3 is 2.67 bits per heavy atom. The van der Waals surface area contributed by atoms with E-state index in [0.717, 1.165) is 5.56 Å². The standard InChI is InChI=1S/C12H11FN2/c13-11-6-12(9-14-8-11)15-7-10-4-2-1-3-5-10/h1-6,8-9,15H,7H2. The summed E-state index contributed by atoms with van der Waals surface area (Å²) in [5, 5.41) is 3.10. The smallest absolute Gasteiger partial charge is 0.143 e. The predicted molar refractivity (Wildman–Crippen MR) is 58.0 cm³/mol. The molecule has 76 valence electrons. The second kappa shape index (κ2) is 4.55. The molecule has 0 unspecified atom stereocenters. The molecule has 1 heterocycles. The molecular weight excluding hydrogens is 191 g/mol. The lowest BCUT2D eigenvalue weighted by molar-refractivity contribution is 0.622. The van der Waals surface area contributed by atoms with Crippen LogP contribution in [0.15, 0.2) is 48.8 Å². The van der Waals surface area contributed by atoms with Crippen LogP contribution in [0.25, 0.3) is 0 Å². The maximum Gasteiger partial charge on any atom is 0.143 e. The molecule has 0 amide bonds. The van der Waals surface area contributed by atoms with Gasteiger partial charge in [0.05, 0.1) is 18.1 Å². The van der Waals surface area contributed by atoms with Gasteiger partial charge < -0.3 is 5.32 Å². The van der Waals surface area contributed by atoms with E-state index >= 15 is 0 Å². The Balaban J connectivity index is 1.99. The summed E-state index contributed by atoms with van der Waals surface area (Å²) in [6.07, 6.45) is 2.79. The molecule has 1 aromatic heterocycles. The van der Waals surface area contributed by atoms with Gasteiger partial charge in [-0.15, -0.1) is 0 Å². The average molecular weight is 202 g/mol. The second-order valence-electron chi connectivity index (χ2n) is 3.23. The van der Waals surface area contributed by atoms with E-state index in [1.165, 1.54) is 12.3 Å². The molecule has 3 heteroatoms. The fourth-order valence-corrected chi connectivity index (χ4v) is 1.31. The van der Waals surface area contributed by atoms with Crippen LogP contribution in [0, 0.1) is 5.82 Å². The molecule has 0 radical (unpaired) electrons. The Hall–Kier alpha value is -1.90. The largest absolute Gasteiger partial charge is 0.380 e. The first-order chi connectivity index (χ1) is 7.34. The third kappa shape index (κ3) is 2.77. The lowest BCUT2D eigenvalue weighted by Crippen LogP contribution is -1.99. The number of hydrogen-bond donors (Lipinski definition) is 1. The Morgan fingerprint density at radius 1 is 1.13 bits per heavy atom. The van der Waals surface area contributed by atoms with E-state index in [1.807, 2.05) is 30.3 Å². The van der Waals surface area contributed by atoms with Crippen molar-refractivity contribution in [1.29, 1.82) is 0 Å². The van der Waals surface area contributed by atoms with Gasteiger partial charge in [-0.2, -0.15) is 0 Å². The molecule has 0 saturated carbocycles. The summed E-state index contributed by atoms with van der Waals surface area (Å²) in [5.74, 6) is -0.326. The highest BCUT2D eigenvalue weighted by Crippen LogP contribution is 2.08. The highest BCUT2D eigenvalue weighted by Gasteiger charge is 1.95. The van der Waals surface area contributed by atoms with Gasteiger partial charge >= 0.3 is 0 Å². The molecule has 2 nitrogen and oxygen atoms in total. The van der Waals surface area contributed by atoms with Crippen LogP contribution in [0.2, 0.25) is 0 Å². The van der Waals surface area contributed by atoms with E-state index in [2.05, 4.69) is 10.3 Å². The topological polar surface area (TPSA) is 24.9 Å². The summed E-state index contributed by atoms with van der Waals surface area (Å²) in [4.78, 5) is 3.76. The molecule has 0 atom stereocenters. The second-order valence-corrected chi connectivity index (χ2v) is 3.23. The SMILES string of the molecule is Fc1cncc(NCc2ccccc2)c1. The quantitative estimate of drug-likeness (QED) is 0.827. The predicted octanol–water partition coefficient (Wildman–Crippen LogP) is 2.83. The van der Waals surface area contributed by atoms with Gasteiger partial charge in [0.2, 0.25) is 0 Å². The highest BCUT2D eigenvalue weighted by atomic mass is 19.1. The Kier molecular flexibility index (Phi) is 2.93. The van der Waals surface area contributed by atoms with Crippen molar-refractivity contribution in [3.8, 4) is 0 Å². The van der Waals surface area contributed by atoms with E-state index in [-0.39, 0.29) is 5.82 Å². The normalized spacial score (nSPS) is 9.93. The summed E-state index contributed by atoms with van der Waals surface area (Å²) >= 11 is 0. The summed E-state index contributed by atoms with van der Waals surface area (Å²) < 4.78 is 12.8. The maximum absolute atomic E-state index is 12.8. The number of pyridine rings is 1. The molecular formula is C12H11FN2. The van der Waals surface area contributed by atoms with Crippen LogP contribution in [0.4, 0.5) is 10.1 Å². The Labute approximate surface area is 87.8 Å². The van der Waals surface area contributed by atoms with Crippen LogP contribution < -0.4 is 5.32 Å². The molecule has 2 rings (SSSR count). The van der Waals surface area contributed by atoms with Gasteiger partial charge in [0.25, 0.3) is 0 Å². The van der Waals surface area contributed by atoms with Crippen LogP contribution in [-0.2, 0) is 6.54 Å². The monoisotopic (exact) mass is 202 g/mol. The minimum atomic E-state index is -0.326. The molecule has 0 spiro atoms. The molecule has 0 saturated heterocycles. The fraction of sp³-hybridized carbons (Fsp3) is 0.0833. The average Bonchev–Trinajstić information content (AvgIpc) is 2.28. The maximum atomic E-state index is 12.8. The van der Waals surface area contributed by atoms with Gasteiger partial charge in [0, 0.05) is 12.6 Å². The van der Waals surface area contributed by atoms with Gasteiger partial charge in [-0.25, -0.2) is 4.39 Å². The van der Waals surface area contributed by atoms with E-state index in [0.29, 0.717) is 12.2 Å². The van der Waals surface area contributed by atoms with Crippen LogP contribution in [0.1, 0.15) is 5.56 Å². The fourth-order valence-electron chi connectivity index (χ4n) is 1.31. The molecule has 0 aliphatic carbocycles. The van der Waals surface area contributed by atoms with Gasteiger partial charge in [-0.1, -0.05) is 30.3 Å². The number of halogens is 1. The number of aromatic nitrogens is 1. The van der Waals surface area contributed by atoms with Gasteiger partial charge in [0.15, 0.2) is 0 Å². The van der Waals surface area contributed by atoms with Crippen LogP contribution in [-0.4, -0.2) is 4.98 Å². The molecule has 0 bridgehead atoms. The van der Waals surface area contributed by atoms with Crippen LogP contribution in [0.3, 0.4) is 0 Å². The number of benzene rings is 1. The molecule has 0 fully saturated rings. The van der Waals surface area contributed by atoms with E-state index in [1.54, 1.807) is 6.20 Å². The highest BCUT2D eigenvalue weighted by molar-refractivity contribution is 5.41. The van der Waals surface area contributed by atoms with E-state index in [4.69, 9.17) is 0 Å². The summed E-state index contributed by atoms with van der Waals surface area (Å²) in [7, 11) is 0. The van der Waals surface area contributed by atoms with Crippen LogP contribution in [0.5, 0.6) is 0 Å². The van der Waals surface area contributed by atoms with Crippen molar-refractivity contribution in [1.82, 2.24) is 4.98 Å². The third-order valence-electron chi connectivity index (χ3n) is 2.04. The first kappa shape index (κ1) is 9.65. The number of nitrogens with one attached hydrogen (secondary N) is 1. The zero-order valence-corrected chi connectivity index (χ0v) is 8.15. The van der Waals surface area contributed by atoms with E-state index in [9.17, 15) is 4.39 Å². The molecule has 0 aliphatic rings. The van der Waals surface area contributed by atoms with Crippen LogP contribution >= 0.6 is 0 Å². The minimum Gasteiger partial charge on any atom is -0.380 e. The molecule has 1 N–H and O–H groups in total. The lowest BCUT2D eigenvalue weighted by Gasteiger charge is -2.05. The van der Waals surface area contributed by atoms with Crippen molar-refractivity contribution >= 4 is 5.69 Å². The van der Waals surface area contributed by atoms with Crippen molar-refractivity contribution in [2.24, 2.45) is 0 Å². The van der Waals surface area contributed by atoms with Crippen molar-refractivity contribution in [2.75, 3.05) is 5.32 Å². The third-order valence-corrected chi connectivity index (χ3v) is 2.04. The molecule has 1 aromatic carbocycles. The van der Waals surface area contributed by atoms with Crippen molar-refractivity contribution < 1.29 is 4.39 Å². The van der Waals surface area contributed by atoms with Crippen molar-refractivity contribution in [3.63, 3.8) is 0 Å². The zero-order valence-electron chi connectivity index (χ0n) is 8.15. The number of anilines is 1. The van der Waals surface area contributed by atoms with Crippen molar-refractivity contribution in [3.05, 3.63) is 60.2 Å². The lowest BCUT2D eigenvalue weighted by atomic mass is 10.2. The number of nitrogens with zero attached hydrogens (tertiary/aromatic N) is 1. The molecule has 15 heavy (non-hydrogen) atoms. The Morgan fingerprint density at radius 2 is 1.93 bits per heavy atom. The van der Waals surface area contributed by atoms with Gasteiger partial charge in [-0.3, -0.25) is 4.98 Å².